The van der Waals surface area contributed by atoms with Crippen LogP contribution < -0.4 is 0 Å². The fraction of sp³-hybridized carbons (Fsp3) is 0.300. The molecule has 0 bridgehead atoms. The van der Waals surface area contributed by atoms with Crippen molar-refractivity contribution < 1.29 is 9.59 Å². The zero-order chi connectivity index (χ0) is 15.7. The molecule has 0 aliphatic heterocycles. The second-order valence-corrected chi connectivity index (χ2v) is 6.08. The first-order chi connectivity index (χ1) is 10.6. The van der Waals surface area contributed by atoms with Gasteiger partial charge >= 0.3 is 0 Å². The van der Waals surface area contributed by atoms with Crippen LogP contribution in [-0.4, -0.2) is 11.6 Å². The maximum absolute atomic E-state index is 12.6. The van der Waals surface area contributed by atoms with Gasteiger partial charge in [0.1, 0.15) is 0 Å². The number of fused-ring (bicyclic) bond motifs is 1. The smallest absolute Gasteiger partial charge is 0.174 e. The van der Waals surface area contributed by atoms with E-state index in [1.807, 2.05) is 37.3 Å². The molecule has 2 aromatic rings. The Hall–Kier alpha value is -2.22. The highest BCUT2D eigenvalue weighted by Gasteiger charge is 2.39. The number of aryl methyl sites for hydroxylation is 1. The Balaban J connectivity index is 1.87. The highest BCUT2D eigenvalue weighted by Crippen LogP contribution is 2.35. The van der Waals surface area contributed by atoms with Gasteiger partial charge in [0.05, 0.1) is 5.92 Å². The van der Waals surface area contributed by atoms with Gasteiger partial charge in [0, 0.05) is 11.1 Å². The zero-order valence-corrected chi connectivity index (χ0v) is 13.0. The first-order valence-corrected chi connectivity index (χ1v) is 7.85. The minimum Gasteiger partial charge on any atom is -0.293 e. The van der Waals surface area contributed by atoms with E-state index in [1.165, 1.54) is 5.56 Å². The van der Waals surface area contributed by atoms with Crippen LogP contribution in [-0.2, 0) is 0 Å². The van der Waals surface area contributed by atoms with E-state index in [9.17, 15) is 9.59 Å². The minimum atomic E-state index is -0.512. The van der Waals surface area contributed by atoms with Gasteiger partial charge in [0.25, 0.3) is 0 Å². The number of carbonyl (C=O) groups is 2. The monoisotopic (exact) mass is 292 g/mol. The first kappa shape index (κ1) is 14.7. The van der Waals surface area contributed by atoms with Crippen LogP contribution in [0.3, 0.4) is 0 Å². The van der Waals surface area contributed by atoms with Crippen molar-refractivity contribution in [2.45, 2.75) is 32.6 Å². The van der Waals surface area contributed by atoms with E-state index in [4.69, 9.17) is 0 Å². The van der Waals surface area contributed by atoms with Crippen LogP contribution >= 0.6 is 0 Å². The summed E-state index contributed by atoms with van der Waals surface area (Å²) in [6, 6.07) is 15.7. The molecule has 2 atom stereocenters. The van der Waals surface area contributed by atoms with Crippen molar-refractivity contribution in [2.24, 2.45) is 5.92 Å². The molecule has 2 aromatic carbocycles. The van der Waals surface area contributed by atoms with Gasteiger partial charge in [0.15, 0.2) is 11.6 Å². The number of benzene rings is 2. The Kier molecular flexibility index (Phi) is 3.93. The Labute approximate surface area is 131 Å². The predicted molar refractivity (Wildman–Crippen MR) is 87.4 cm³/mol. The Bertz CT molecular complexity index is 716. The number of hydrogen-bond acceptors (Lipinski definition) is 2. The molecule has 2 heteroatoms. The predicted octanol–water partition coefficient (Wildman–Crippen LogP) is 4.57. The largest absolute Gasteiger partial charge is 0.293 e. The quantitative estimate of drug-likeness (QED) is 0.773. The summed E-state index contributed by atoms with van der Waals surface area (Å²) in [5.74, 6) is -0.274. The van der Waals surface area contributed by atoms with E-state index in [0.717, 1.165) is 12.0 Å². The summed E-state index contributed by atoms with van der Waals surface area (Å²) >= 11 is 0. The van der Waals surface area contributed by atoms with Crippen LogP contribution in [0.2, 0.25) is 0 Å². The molecular weight excluding hydrogens is 272 g/mol. The molecule has 0 saturated heterocycles. The van der Waals surface area contributed by atoms with Crippen molar-refractivity contribution in [3.05, 3.63) is 70.8 Å². The van der Waals surface area contributed by atoms with E-state index in [-0.39, 0.29) is 17.5 Å². The molecule has 2 nitrogen and oxygen atoms in total. The summed E-state index contributed by atoms with van der Waals surface area (Å²) in [6.45, 7) is 4.06. The third-order valence-corrected chi connectivity index (χ3v) is 4.62. The van der Waals surface area contributed by atoms with Crippen LogP contribution in [0.1, 0.15) is 57.5 Å². The molecule has 1 aliphatic rings. The lowest BCUT2D eigenvalue weighted by molar-refractivity contribution is 0.0824. The van der Waals surface area contributed by atoms with Crippen molar-refractivity contribution >= 4 is 11.6 Å². The molecule has 1 unspecified atom stereocenters. The van der Waals surface area contributed by atoms with Gasteiger partial charge in [-0.3, -0.25) is 9.59 Å². The lowest BCUT2D eigenvalue weighted by Crippen LogP contribution is -2.18. The van der Waals surface area contributed by atoms with Crippen LogP contribution in [0.4, 0.5) is 0 Å². The standard InChI is InChI=1S/C20H20O2/c1-3-14(15-7-5-4-6-8-15)12-18-19(21)16-10-9-13(2)11-17(16)20(18)22/h4-11,14,18H,3,12H2,1-2H3/t14-,18?/m0/s1. The van der Waals surface area contributed by atoms with Crippen LogP contribution in [0.5, 0.6) is 0 Å². The molecule has 112 valence electrons. The molecule has 0 spiro atoms. The second kappa shape index (κ2) is 5.88. The number of rotatable bonds is 4. The van der Waals surface area contributed by atoms with E-state index < -0.39 is 5.92 Å². The third kappa shape index (κ3) is 2.50. The van der Waals surface area contributed by atoms with Gasteiger partial charge in [-0.2, -0.15) is 0 Å². The minimum absolute atomic E-state index is 0.00178. The average Bonchev–Trinajstić information content (AvgIpc) is 2.77. The van der Waals surface area contributed by atoms with Crippen molar-refractivity contribution in [2.75, 3.05) is 0 Å². The fourth-order valence-electron chi connectivity index (χ4n) is 3.33. The Morgan fingerprint density at radius 1 is 0.955 bits per heavy atom. The maximum atomic E-state index is 12.6. The van der Waals surface area contributed by atoms with Crippen molar-refractivity contribution in [3.8, 4) is 0 Å². The molecule has 0 fully saturated rings. The van der Waals surface area contributed by atoms with Gasteiger partial charge in [-0.05, 0) is 37.3 Å². The molecular formula is C20H20O2. The molecule has 22 heavy (non-hydrogen) atoms. The molecule has 0 radical (unpaired) electrons. The van der Waals surface area contributed by atoms with E-state index in [1.54, 1.807) is 6.07 Å². The number of ketones is 2. The molecule has 0 amide bonds. The van der Waals surface area contributed by atoms with Crippen molar-refractivity contribution in [3.63, 3.8) is 0 Å². The number of carbonyl (C=O) groups excluding carboxylic acids is 2. The molecule has 0 saturated carbocycles. The topological polar surface area (TPSA) is 34.1 Å². The molecule has 0 heterocycles. The molecule has 0 N–H and O–H groups in total. The zero-order valence-electron chi connectivity index (χ0n) is 13.0. The summed E-state index contributed by atoms with van der Waals surface area (Å²) in [5, 5.41) is 0. The van der Waals surface area contributed by atoms with Crippen molar-refractivity contribution in [1.82, 2.24) is 0 Å². The molecule has 3 rings (SSSR count). The SMILES string of the molecule is CC[C@@H](CC1C(=O)c2ccc(C)cc2C1=O)c1ccccc1. The van der Waals surface area contributed by atoms with Crippen LogP contribution in [0.25, 0.3) is 0 Å². The van der Waals surface area contributed by atoms with Gasteiger partial charge in [-0.15, -0.1) is 0 Å². The van der Waals surface area contributed by atoms with E-state index >= 15 is 0 Å². The van der Waals surface area contributed by atoms with Gasteiger partial charge in [-0.1, -0.05) is 55.0 Å². The average molecular weight is 292 g/mol. The van der Waals surface area contributed by atoms with Crippen LogP contribution in [0.15, 0.2) is 48.5 Å². The fourth-order valence-corrected chi connectivity index (χ4v) is 3.33. The highest BCUT2D eigenvalue weighted by atomic mass is 16.2. The lowest BCUT2D eigenvalue weighted by Gasteiger charge is -2.18. The van der Waals surface area contributed by atoms with Gasteiger partial charge in [-0.25, -0.2) is 0 Å². The molecule has 0 aromatic heterocycles. The number of Topliss-reactive ketones (excluding diaryl/α,β-unsaturated/α-hetero) is 2. The Morgan fingerprint density at radius 3 is 2.32 bits per heavy atom. The van der Waals surface area contributed by atoms with Gasteiger partial charge in [0.2, 0.25) is 0 Å². The van der Waals surface area contributed by atoms with E-state index in [0.29, 0.717) is 17.5 Å². The van der Waals surface area contributed by atoms with Crippen molar-refractivity contribution in [1.29, 1.82) is 0 Å². The summed E-state index contributed by atoms with van der Waals surface area (Å²) in [7, 11) is 0. The first-order valence-electron chi connectivity index (χ1n) is 7.85. The maximum Gasteiger partial charge on any atom is 0.174 e. The summed E-state index contributed by atoms with van der Waals surface area (Å²) in [4.78, 5) is 25.2. The lowest BCUT2D eigenvalue weighted by atomic mass is 9.85. The summed E-state index contributed by atoms with van der Waals surface area (Å²) in [6.07, 6.45) is 1.53. The van der Waals surface area contributed by atoms with E-state index in [2.05, 4.69) is 19.1 Å². The highest BCUT2D eigenvalue weighted by molar-refractivity contribution is 6.26. The number of hydrogen-bond donors (Lipinski definition) is 0. The third-order valence-electron chi connectivity index (χ3n) is 4.62. The second-order valence-electron chi connectivity index (χ2n) is 6.08. The summed E-state index contributed by atoms with van der Waals surface area (Å²) < 4.78 is 0. The van der Waals surface area contributed by atoms with Crippen LogP contribution in [0, 0.1) is 12.8 Å². The van der Waals surface area contributed by atoms with Gasteiger partial charge < -0.3 is 0 Å². The normalized spacial score (nSPS) is 18.4. The summed E-state index contributed by atoms with van der Waals surface area (Å²) in [5.41, 5.74) is 3.44. The molecule has 1 aliphatic carbocycles. The Morgan fingerprint density at radius 2 is 1.64 bits per heavy atom.